The Balaban J connectivity index is 1.09. The summed E-state index contributed by atoms with van der Waals surface area (Å²) in [7, 11) is 0. The molecule has 196 valence electrons. The predicted molar refractivity (Wildman–Crippen MR) is 140 cm³/mol. The average molecular weight is 554 g/mol. The van der Waals surface area contributed by atoms with Crippen molar-refractivity contribution in [2.75, 3.05) is 25.0 Å². The Bertz CT molecular complexity index is 1510. The van der Waals surface area contributed by atoms with Gasteiger partial charge < -0.3 is 19.6 Å². The number of H-pyrrole nitrogens is 1. The van der Waals surface area contributed by atoms with E-state index in [9.17, 15) is 14.4 Å². The molecule has 0 saturated carbocycles. The van der Waals surface area contributed by atoms with Crippen molar-refractivity contribution in [2.24, 2.45) is 5.92 Å². The fourth-order valence-electron chi connectivity index (χ4n) is 5.02. The highest BCUT2D eigenvalue weighted by Gasteiger charge is 2.34. The van der Waals surface area contributed by atoms with Crippen LogP contribution in [-0.4, -0.2) is 67.5 Å². The van der Waals surface area contributed by atoms with Gasteiger partial charge in [0, 0.05) is 59.5 Å². The third kappa shape index (κ3) is 4.76. The van der Waals surface area contributed by atoms with Crippen LogP contribution in [0.2, 0.25) is 5.02 Å². The van der Waals surface area contributed by atoms with Crippen LogP contribution in [0.4, 0.5) is 5.13 Å². The van der Waals surface area contributed by atoms with Gasteiger partial charge in [0.25, 0.3) is 5.91 Å². The molecule has 2 N–H and O–H groups in total. The lowest BCUT2D eigenvalue weighted by atomic mass is 9.95. The molecule has 4 aromatic rings. The third-order valence-electron chi connectivity index (χ3n) is 7.12. The second-order valence-corrected chi connectivity index (χ2v) is 10.8. The van der Waals surface area contributed by atoms with E-state index in [1.165, 1.54) is 11.3 Å². The number of halogens is 1. The number of hydrogen-bond acceptors (Lipinski definition) is 8. The van der Waals surface area contributed by atoms with Crippen molar-refractivity contribution in [3.05, 3.63) is 57.5 Å². The number of fused-ring (bicyclic) bond motifs is 2. The fourth-order valence-corrected chi connectivity index (χ4v) is 5.71. The number of likely N-dealkylation sites (tertiary alicyclic amines) is 1. The Kier molecular flexibility index (Phi) is 6.58. The molecular formula is C25H24ClN7O4S. The minimum atomic E-state index is -0.237. The summed E-state index contributed by atoms with van der Waals surface area (Å²) in [5.74, 6) is 0.0594. The van der Waals surface area contributed by atoms with Gasteiger partial charge in [-0.1, -0.05) is 16.8 Å². The largest absolute Gasteiger partial charge is 0.360 e. The molecule has 0 aliphatic carbocycles. The van der Waals surface area contributed by atoms with Gasteiger partial charge in [-0.05, 0) is 31.0 Å². The van der Waals surface area contributed by atoms with Gasteiger partial charge in [0.15, 0.2) is 10.8 Å². The molecular weight excluding hydrogens is 530 g/mol. The standard InChI is InChI=1S/C25H24ClN7O4S/c26-15-1-2-16-18(11-15)29-30-19(16)12-21(34)33-9-5-20-17(13-33)22(31-37-20)24(36)32-7-3-14(4-8-32)23(35)28-25-27-6-10-38-25/h1-2,6,10-11,14H,3-5,7-9,12-13H2,(H,29,30)(H,27,28,35). The lowest BCUT2D eigenvalue weighted by Gasteiger charge is -2.31. The zero-order chi connectivity index (χ0) is 26.2. The van der Waals surface area contributed by atoms with Crippen molar-refractivity contribution in [3.63, 3.8) is 0 Å². The minimum Gasteiger partial charge on any atom is -0.360 e. The molecule has 2 aliphatic heterocycles. The number of aromatic nitrogens is 4. The molecule has 5 heterocycles. The van der Waals surface area contributed by atoms with Gasteiger partial charge in [0.05, 0.1) is 24.2 Å². The maximum absolute atomic E-state index is 13.3. The summed E-state index contributed by atoms with van der Waals surface area (Å²) >= 11 is 7.41. The molecule has 3 aromatic heterocycles. The van der Waals surface area contributed by atoms with Crippen molar-refractivity contribution in [1.82, 2.24) is 30.1 Å². The van der Waals surface area contributed by atoms with Crippen LogP contribution in [0, 0.1) is 5.92 Å². The normalized spacial score (nSPS) is 16.0. The number of anilines is 1. The van der Waals surface area contributed by atoms with Crippen molar-refractivity contribution in [1.29, 1.82) is 0 Å². The predicted octanol–water partition coefficient (Wildman–Crippen LogP) is 3.28. The SMILES string of the molecule is O=C(Nc1nccs1)C1CCN(C(=O)c2noc3c2CN(C(=O)Cc2[nH]nc4cc(Cl)ccc24)CC3)CC1. The first-order valence-electron chi connectivity index (χ1n) is 12.3. The van der Waals surface area contributed by atoms with Crippen LogP contribution in [0.1, 0.15) is 40.3 Å². The lowest BCUT2D eigenvalue weighted by molar-refractivity contribution is -0.131. The highest BCUT2D eigenvalue weighted by Crippen LogP contribution is 2.27. The number of benzene rings is 1. The van der Waals surface area contributed by atoms with Gasteiger partial charge >= 0.3 is 0 Å². The van der Waals surface area contributed by atoms with Crippen molar-refractivity contribution >= 4 is 56.7 Å². The summed E-state index contributed by atoms with van der Waals surface area (Å²) in [6, 6.07) is 5.37. The van der Waals surface area contributed by atoms with Gasteiger partial charge in [-0.2, -0.15) is 5.10 Å². The van der Waals surface area contributed by atoms with Gasteiger partial charge in [0.2, 0.25) is 11.8 Å². The number of hydrogen-bond donors (Lipinski definition) is 2. The van der Waals surface area contributed by atoms with Crippen LogP contribution in [0.5, 0.6) is 0 Å². The molecule has 0 radical (unpaired) electrons. The molecule has 3 amide bonds. The second-order valence-electron chi connectivity index (χ2n) is 9.43. The number of carbonyl (C=O) groups excluding carboxylic acids is 3. The van der Waals surface area contributed by atoms with E-state index in [-0.39, 0.29) is 42.3 Å². The van der Waals surface area contributed by atoms with Gasteiger partial charge in [-0.25, -0.2) is 4.98 Å². The van der Waals surface area contributed by atoms with Crippen molar-refractivity contribution < 1.29 is 18.9 Å². The lowest BCUT2D eigenvalue weighted by Crippen LogP contribution is -2.42. The molecule has 1 aromatic carbocycles. The molecule has 0 atom stereocenters. The Labute approximate surface area is 226 Å². The molecule has 1 fully saturated rings. The molecule has 38 heavy (non-hydrogen) atoms. The quantitative estimate of drug-likeness (QED) is 0.387. The van der Waals surface area contributed by atoms with E-state index in [2.05, 4.69) is 25.7 Å². The second kappa shape index (κ2) is 10.2. The molecule has 6 rings (SSSR count). The van der Waals surface area contributed by atoms with E-state index in [0.29, 0.717) is 65.9 Å². The molecule has 2 aliphatic rings. The van der Waals surface area contributed by atoms with Crippen LogP contribution in [0.25, 0.3) is 10.9 Å². The number of amides is 3. The van der Waals surface area contributed by atoms with E-state index in [0.717, 1.165) is 11.1 Å². The summed E-state index contributed by atoms with van der Waals surface area (Å²) in [5, 5.41) is 17.9. The van der Waals surface area contributed by atoms with Crippen LogP contribution in [-0.2, 0) is 29.0 Å². The number of nitrogens with one attached hydrogen (secondary N) is 2. The van der Waals surface area contributed by atoms with Crippen LogP contribution >= 0.6 is 22.9 Å². The highest BCUT2D eigenvalue weighted by atomic mass is 35.5. The van der Waals surface area contributed by atoms with E-state index in [1.54, 1.807) is 33.5 Å². The van der Waals surface area contributed by atoms with Gasteiger partial charge in [-0.3, -0.25) is 19.5 Å². The molecule has 0 bridgehead atoms. The Morgan fingerprint density at radius 2 is 2.03 bits per heavy atom. The average Bonchev–Trinajstić information content (AvgIpc) is 3.68. The van der Waals surface area contributed by atoms with E-state index in [4.69, 9.17) is 16.1 Å². The van der Waals surface area contributed by atoms with E-state index < -0.39 is 0 Å². The molecule has 0 unspecified atom stereocenters. The molecule has 11 nitrogen and oxygen atoms in total. The molecule has 0 spiro atoms. The first kappa shape index (κ1) is 24.6. The van der Waals surface area contributed by atoms with Crippen LogP contribution < -0.4 is 5.32 Å². The Morgan fingerprint density at radius 3 is 2.82 bits per heavy atom. The topological polar surface area (TPSA) is 137 Å². The smallest absolute Gasteiger partial charge is 0.276 e. The number of nitrogens with zero attached hydrogens (tertiary/aromatic N) is 5. The van der Waals surface area contributed by atoms with Gasteiger partial charge in [-0.15, -0.1) is 11.3 Å². The summed E-state index contributed by atoms with van der Waals surface area (Å²) in [5.41, 5.74) is 2.32. The van der Waals surface area contributed by atoms with Crippen LogP contribution in [0.3, 0.4) is 0 Å². The highest BCUT2D eigenvalue weighted by molar-refractivity contribution is 7.13. The van der Waals surface area contributed by atoms with E-state index >= 15 is 0 Å². The number of piperidine rings is 1. The first-order valence-corrected chi connectivity index (χ1v) is 13.6. The number of rotatable bonds is 5. The maximum Gasteiger partial charge on any atom is 0.276 e. The Hall–Kier alpha value is -3.77. The summed E-state index contributed by atoms with van der Waals surface area (Å²) in [6.45, 7) is 1.61. The summed E-state index contributed by atoms with van der Waals surface area (Å²) in [6.07, 6.45) is 3.39. The van der Waals surface area contributed by atoms with Crippen LogP contribution in [0.15, 0.2) is 34.3 Å². The first-order chi connectivity index (χ1) is 18.5. The minimum absolute atomic E-state index is 0.0758. The summed E-state index contributed by atoms with van der Waals surface area (Å²) < 4.78 is 5.49. The number of aromatic amines is 1. The maximum atomic E-state index is 13.3. The zero-order valence-electron chi connectivity index (χ0n) is 20.3. The fraction of sp³-hybridized carbons (Fsp3) is 0.360. The van der Waals surface area contributed by atoms with E-state index in [1.807, 2.05) is 6.07 Å². The van der Waals surface area contributed by atoms with Crippen molar-refractivity contribution in [3.8, 4) is 0 Å². The summed E-state index contributed by atoms with van der Waals surface area (Å²) in [4.78, 5) is 46.6. The Morgan fingerprint density at radius 1 is 1.18 bits per heavy atom. The molecule has 1 saturated heterocycles. The van der Waals surface area contributed by atoms with Crippen molar-refractivity contribution in [2.45, 2.75) is 32.2 Å². The monoisotopic (exact) mass is 553 g/mol. The zero-order valence-corrected chi connectivity index (χ0v) is 21.8. The molecule has 13 heteroatoms. The number of carbonyl (C=O) groups is 3. The third-order valence-corrected chi connectivity index (χ3v) is 8.05. The van der Waals surface area contributed by atoms with Gasteiger partial charge in [0.1, 0.15) is 5.76 Å². The number of thiazole rings is 1.